The summed E-state index contributed by atoms with van der Waals surface area (Å²) in [7, 11) is 0. The van der Waals surface area contributed by atoms with E-state index in [1.807, 2.05) is 0 Å². The summed E-state index contributed by atoms with van der Waals surface area (Å²) in [5.41, 5.74) is -0.388. The van der Waals surface area contributed by atoms with E-state index in [1.54, 1.807) is 11.0 Å². The highest BCUT2D eigenvalue weighted by molar-refractivity contribution is 6.04. The maximum atomic E-state index is 13.2. The van der Waals surface area contributed by atoms with Crippen LogP contribution in [-0.2, 0) is 10.9 Å². The molecule has 0 bridgehead atoms. The van der Waals surface area contributed by atoms with Crippen LogP contribution in [0.4, 0.5) is 24.5 Å². The van der Waals surface area contributed by atoms with Crippen molar-refractivity contribution in [2.24, 2.45) is 0 Å². The lowest BCUT2D eigenvalue weighted by Crippen LogP contribution is -2.24. The third-order valence-corrected chi connectivity index (χ3v) is 5.55. The Kier molecular flexibility index (Phi) is 5.75. The minimum Gasteiger partial charge on any atom is -0.456 e. The van der Waals surface area contributed by atoms with Gasteiger partial charge in [0, 0.05) is 32.2 Å². The van der Waals surface area contributed by atoms with Crippen molar-refractivity contribution >= 4 is 17.3 Å². The Hall–Kier alpha value is -2.52. The van der Waals surface area contributed by atoms with Crippen molar-refractivity contribution in [2.75, 3.05) is 36.5 Å². The van der Waals surface area contributed by atoms with Crippen LogP contribution in [0.25, 0.3) is 0 Å². The van der Waals surface area contributed by atoms with Gasteiger partial charge in [0.1, 0.15) is 5.76 Å². The van der Waals surface area contributed by atoms with Gasteiger partial charge in [-0.05, 0) is 49.6 Å². The Morgan fingerprint density at radius 2 is 1.90 bits per heavy atom. The maximum Gasteiger partial charge on any atom is 0.416 e. The van der Waals surface area contributed by atoms with Crippen molar-refractivity contribution in [1.82, 2.24) is 0 Å². The van der Waals surface area contributed by atoms with Gasteiger partial charge in [-0.25, -0.2) is 0 Å². The van der Waals surface area contributed by atoms with Gasteiger partial charge in [-0.2, -0.15) is 13.2 Å². The minimum absolute atomic E-state index is 0.0351. The number of aliphatic hydroxyl groups excluding tert-OH is 1. The van der Waals surface area contributed by atoms with Crippen LogP contribution in [0.3, 0.4) is 0 Å². The maximum absolute atomic E-state index is 13.2. The molecule has 2 N–H and O–H groups in total. The third kappa shape index (κ3) is 4.46. The number of halogens is 3. The van der Waals surface area contributed by atoms with Crippen LogP contribution in [0.5, 0.6) is 0 Å². The molecule has 2 saturated heterocycles. The second-order valence-electron chi connectivity index (χ2n) is 7.66. The van der Waals surface area contributed by atoms with E-state index in [9.17, 15) is 23.1 Å². The molecule has 162 valence electrons. The summed E-state index contributed by atoms with van der Waals surface area (Å²) < 4.78 is 50.7. The predicted octanol–water partition coefficient (Wildman–Crippen LogP) is 4.02. The van der Waals surface area contributed by atoms with E-state index >= 15 is 0 Å². The van der Waals surface area contributed by atoms with Gasteiger partial charge in [-0.15, -0.1) is 0 Å². The summed E-state index contributed by atoms with van der Waals surface area (Å²) in [6, 6.07) is 6.49. The van der Waals surface area contributed by atoms with Crippen LogP contribution in [0, 0.1) is 0 Å². The molecule has 4 rings (SSSR count). The monoisotopic (exact) mass is 424 g/mol. The molecule has 2 aliphatic rings. The molecule has 6 nitrogen and oxygen atoms in total. The number of ether oxygens (including phenoxy) is 1. The van der Waals surface area contributed by atoms with Crippen LogP contribution < -0.4 is 10.2 Å². The molecule has 1 aromatic carbocycles. The van der Waals surface area contributed by atoms with Crippen molar-refractivity contribution in [2.45, 2.75) is 37.5 Å². The number of rotatable bonds is 4. The first-order chi connectivity index (χ1) is 14.3. The largest absolute Gasteiger partial charge is 0.456 e. The van der Waals surface area contributed by atoms with E-state index in [4.69, 9.17) is 9.15 Å². The van der Waals surface area contributed by atoms with Crippen LogP contribution in [0.2, 0.25) is 0 Å². The molecule has 2 fully saturated rings. The SMILES string of the molecule is O=C(Nc1cc(C(F)(F)F)ccc1N1CC[C@@H](O)C1)c1ccc(C2CCOCC2)o1. The fourth-order valence-electron chi connectivity index (χ4n) is 3.91. The summed E-state index contributed by atoms with van der Waals surface area (Å²) in [6.45, 7) is 2.04. The van der Waals surface area contributed by atoms with Crippen molar-refractivity contribution in [3.05, 3.63) is 47.4 Å². The number of aliphatic hydroxyl groups is 1. The average molecular weight is 424 g/mol. The highest BCUT2D eigenvalue weighted by atomic mass is 19.4. The lowest BCUT2D eigenvalue weighted by atomic mass is 9.98. The molecule has 30 heavy (non-hydrogen) atoms. The Labute approximate surface area is 171 Å². The van der Waals surface area contributed by atoms with Gasteiger partial charge in [-0.1, -0.05) is 0 Å². The Bertz CT molecular complexity index is 906. The van der Waals surface area contributed by atoms with Gasteiger partial charge in [0.2, 0.25) is 0 Å². The molecule has 0 unspecified atom stereocenters. The summed E-state index contributed by atoms with van der Waals surface area (Å²) in [6.07, 6.45) is -2.99. The molecular formula is C21H23F3N2O4. The highest BCUT2D eigenvalue weighted by Crippen LogP contribution is 2.37. The summed E-state index contributed by atoms with van der Waals surface area (Å²) >= 11 is 0. The Balaban J connectivity index is 1.57. The van der Waals surface area contributed by atoms with E-state index in [-0.39, 0.29) is 17.4 Å². The number of hydrogen-bond acceptors (Lipinski definition) is 5. The number of alkyl halides is 3. The summed E-state index contributed by atoms with van der Waals surface area (Å²) in [5, 5.41) is 12.4. The number of amides is 1. The number of furan rings is 1. The Morgan fingerprint density at radius 1 is 1.13 bits per heavy atom. The first-order valence-corrected chi connectivity index (χ1v) is 9.94. The van der Waals surface area contributed by atoms with E-state index in [0.717, 1.165) is 25.0 Å². The first-order valence-electron chi connectivity index (χ1n) is 9.94. The van der Waals surface area contributed by atoms with E-state index in [0.29, 0.717) is 44.2 Å². The lowest BCUT2D eigenvalue weighted by Gasteiger charge is -2.23. The third-order valence-electron chi connectivity index (χ3n) is 5.55. The van der Waals surface area contributed by atoms with Crippen LogP contribution in [-0.4, -0.2) is 43.4 Å². The molecule has 2 aromatic rings. The summed E-state index contributed by atoms with van der Waals surface area (Å²) in [4.78, 5) is 14.5. The highest BCUT2D eigenvalue weighted by Gasteiger charge is 2.33. The average Bonchev–Trinajstić information content (AvgIpc) is 3.37. The van der Waals surface area contributed by atoms with E-state index < -0.39 is 23.8 Å². The zero-order chi connectivity index (χ0) is 21.3. The van der Waals surface area contributed by atoms with Crippen molar-refractivity contribution in [3.63, 3.8) is 0 Å². The van der Waals surface area contributed by atoms with E-state index in [2.05, 4.69) is 5.32 Å². The second-order valence-corrected chi connectivity index (χ2v) is 7.66. The van der Waals surface area contributed by atoms with Gasteiger partial charge in [-0.3, -0.25) is 4.79 Å². The predicted molar refractivity (Wildman–Crippen MR) is 104 cm³/mol. The van der Waals surface area contributed by atoms with Crippen LogP contribution in [0.15, 0.2) is 34.7 Å². The molecule has 0 aliphatic carbocycles. The van der Waals surface area contributed by atoms with Crippen molar-refractivity contribution in [3.8, 4) is 0 Å². The van der Waals surface area contributed by atoms with Gasteiger partial charge in [0.05, 0.1) is 23.0 Å². The first kappa shape index (κ1) is 20.7. The number of nitrogens with zero attached hydrogens (tertiary/aromatic N) is 1. The van der Waals surface area contributed by atoms with Gasteiger partial charge >= 0.3 is 6.18 Å². The van der Waals surface area contributed by atoms with Gasteiger partial charge in [0.15, 0.2) is 5.76 Å². The molecule has 9 heteroatoms. The summed E-state index contributed by atoms with van der Waals surface area (Å²) in [5.74, 6) is 0.265. The fraction of sp³-hybridized carbons (Fsp3) is 0.476. The number of carbonyl (C=O) groups excluding carboxylic acids is 1. The van der Waals surface area contributed by atoms with Crippen molar-refractivity contribution in [1.29, 1.82) is 0 Å². The zero-order valence-electron chi connectivity index (χ0n) is 16.2. The smallest absolute Gasteiger partial charge is 0.416 e. The Morgan fingerprint density at radius 3 is 2.57 bits per heavy atom. The van der Waals surface area contributed by atoms with Crippen LogP contribution >= 0.6 is 0 Å². The molecule has 1 amide bonds. The lowest BCUT2D eigenvalue weighted by molar-refractivity contribution is -0.137. The number of carbonyl (C=O) groups is 1. The van der Waals surface area contributed by atoms with E-state index in [1.165, 1.54) is 12.1 Å². The number of nitrogens with one attached hydrogen (secondary N) is 1. The normalized spacial score (nSPS) is 20.5. The standard InChI is InChI=1S/C21H23F3N2O4/c22-21(23,24)14-1-2-17(26-8-5-15(27)12-26)16(11-14)25-20(28)19-4-3-18(30-19)13-6-9-29-10-7-13/h1-4,11,13,15,27H,5-10,12H2,(H,25,28)/t15-/m1/s1. The van der Waals surface area contributed by atoms with Gasteiger partial charge in [0.25, 0.3) is 5.91 Å². The van der Waals surface area contributed by atoms with Crippen molar-refractivity contribution < 1.29 is 32.2 Å². The molecule has 1 atom stereocenters. The second kappa shape index (κ2) is 8.31. The molecule has 0 saturated carbocycles. The number of anilines is 2. The molecule has 3 heterocycles. The molecule has 1 aromatic heterocycles. The fourth-order valence-corrected chi connectivity index (χ4v) is 3.91. The number of hydrogen-bond donors (Lipinski definition) is 2. The van der Waals surface area contributed by atoms with Crippen LogP contribution in [0.1, 0.15) is 47.1 Å². The topological polar surface area (TPSA) is 74.9 Å². The number of benzene rings is 1. The quantitative estimate of drug-likeness (QED) is 0.776. The molecule has 2 aliphatic heterocycles. The molecular weight excluding hydrogens is 401 g/mol. The minimum atomic E-state index is -4.54. The van der Waals surface area contributed by atoms with Gasteiger partial charge < -0.3 is 24.5 Å². The molecule has 0 spiro atoms. The molecule has 0 radical (unpaired) electrons. The number of β-amino-alcohol motifs (C(OH)–C–C–N with tert-alkyl or cyclic N) is 1. The zero-order valence-corrected chi connectivity index (χ0v) is 16.2.